The molecule has 3 aromatic rings. The summed E-state index contributed by atoms with van der Waals surface area (Å²) in [6.07, 6.45) is 8.51. The third-order valence-corrected chi connectivity index (χ3v) is 11.2. The molecule has 0 N–H and O–H groups in total. The van der Waals surface area contributed by atoms with E-state index in [9.17, 15) is 0 Å². The van der Waals surface area contributed by atoms with Gasteiger partial charge in [-0.15, -0.1) is 0 Å². The lowest BCUT2D eigenvalue weighted by Crippen LogP contribution is -2.37. The molecular formula is C38H50O2. The van der Waals surface area contributed by atoms with Crippen LogP contribution >= 0.6 is 0 Å². The topological polar surface area (TPSA) is 18.5 Å². The van der Waals surface area contributed by atoms with Crippen LogP contribution < -0.4 is 4.74 Å². The highest BCUT2D eigenvalue weighted by atomic mass is 16.7. The van der Waals surface area contributed by atoms with Crippen LogP contribution in [0.1, 0.15) is 115 Å². The fraction of sp³-hybridized carbons (Fsp3) is 0.579. The molecule has 2 nitrogen and oxygen atoms in total. The molecule has 9 atom stereocenters. The molecule has 0 spiro atoms. The van der Waals surface area contributed by atoms with Gasteiger partial charge in [0.25, 0.3) is 0 Å². The molecule has 0 radical (unpaired) electrons. The summed E-state index contributed by atoms with van der Waals surface area (Å²) < 4.78 is 12.9. The van der Waals surface area contributed by atoms with Gasteiger partial charge in [-0.05, 0) is 113 Å². The highest BCUT2D eigenvalue weighted by Crippen LogP contribution is 2.59. The summed E-state index contributed by atoms with van der Waals surface area (Å²) in [6, 6.07) is 22.0. The molecule has 2 bridgehead atoms. The summed E-state index contributed by atoms with van der Waals surface area (Å²) in [7, 11) is 0. The second-order valence-corrected chi connectivity index (χ2v) is 13.8. The van der Waals surface area contributed by atoms with Gasteiger partial charge in [0, 0.05) is 5.92 Å². The second kappa shape index (κ2) is 11.5. The van der Waals surface area contributed by atoms with Crippen molar-refractivity contribution >= 4 is 10.8 Å². The smallest absolute Gasteiger partial charge is 0.202 e. The first-order valence-electron chi connectivity index (χ1n) is 16.3. The van der Waals surface area contributed by atoms with Crippen LogP contribution in [0, 0.1) is 29.6 Å². The van der Waals surface area contributed by atoms with Gasteiger partial charge >= 0.3 is 0 Å². The average Bonchev–Trinajstić information content (AvgIpc) is 3.74. The molecule has 3 fully saturated rings. The Kier molecular flexibility index (Phi) is 8.01. The zero-order valence-corrected chi connectivity index (χ0v) is 25.6. The molecule has 0 aliphatic heterocycles. The first-order chi connectivity index (χ1) is 19.4. The summed E-state index contributed by atoms with van der Waals surface area (Å²) in [5, 5.41) is 2.91. The summed E-state index contributed by atoms with van der Waals surface area (Å²) in [5.74, 6) is 6.96. The number of ether oxygens (including phenoxy) is 2. The highest BCUT2D eigenvalue weighted by molar-refractivity contribution is 5.92. The van der Waals surface area contributed by atoms with Crippen LogP contribution in [0.4, 0.5) is 0 Å². The van der Waals surface area contributed by atoms with Crippen LogP contribution in [0.25, 0.3) is 10.8 Å². The van der Waals surface area contributed by atoms with Crippen molar-refractivity contribution in [3.63, 3.8) is 0 Å². The molecule has 4 aliphatic carbocycles. The van der Waals surface area contributed by atoms with E-state index in [-0.39, 0.29) is 6.29 Å². The number of fused-ring (bicyclic) bond motifs is 5. The minimum Gasteiger partial charge on any atom is -0.465 e. The molecule has 7 rings (SSSR count). The van der Waals surface area contributed by atoms with E-state index >= 15 is 0 Å². The Bertz CT molecular complexity index is 1250. The molecule has 4 aliphatic rings. The van der Waals surface area contributed by atoms with Crippen LogP contribution in [-0.4, -0.2) is 12.4 Å². The largest absolute Gasteiger partial charge is 0.465 e. The van der Waals surface area contributed by atoms with Gasteiger partial charge in [0.15, 0.2) is 0 Å². The van der Waals surface area contributed by atoms with Crippen LogP contribution in [-0.2, 0) is 4.74 Å². The van der Waals surface area contributed by atoms with Crippen LogP contribution in [0.15, 0.2) is 60.7 Å². The molecule has 0 heterocycles. The Hall–Kier alpha value is -2.32. The van der Waals surface area contributed by atoms with Crippen molar-refractivity contribution in [3.05, 3.63) is 77.4 Å². The molecule has 0 aromatic heterocycles. The third-order valence-electron chi connectivity index (χ3n) is 11.2. The van der Waals surface area contributed by atoms with E-state index in [4.69, 9.17) is 9.47 Å². The zero-order chi connectivity index (χ0) is 28.0. The highest BCUT2D eigenvalue weighted by Gasteiger charge is 2.54. The molecular weight excluding hydrogens is 488 g/mol. The van der Waals surface area contributed by atoms with Gasteiger partial charge < -0.3 is 9.47 Å². The molecule has 214 valence electrons. The SMILES string of the molecule is CC1c2cccc3cccc(c23)C1C.CCC(C)c1ccc(OC(OC2CC3CC2C2CCCC32)C(C)C)cc1. The molecule has 3 aromatic carbocycles. The lowest BCUT2D eigenvalue weighted by atomic mass is 9.80. The normalized spacial score (nSPS) is 31.2. The maximum atomic E-state index is 6.60. The summed E-state index contributed by atoms with van der Waals surface area (Å²) >= 11 is 0. The van der Waals surface area contributed by atoms with E-state index in [1.807, 2.05) is 0 Å². The summed E-state index contributed by atoms with van der Waals surface area (Å²) in [5.41, 5.74) is 4.46. The fourth-order valence-corrected chi connectivity index (χ4v) is 8.60. The predicted octanol–water partition coefficient (Wildman–Crippen LogP) is 10.5. The summed E-state index contributed by atoms with van der Waals surface area (Å²) in [6.45, 7) is 13.6. The van der Waals surface area contributed by atoms with Gasteiger partial charge in [-0.2, -0.15) is 0 Å². The first kappa shape index (κ1) is 27.8. The van der Waals surface area contributed by atoms with Crippen molar-refractivity contribution in [2.45, 2.75) is 110 Å². The van der Waals surface area contributed by atoms with Crippen LogP contribution in [0.2, 0.25) is 0 Å². The van der Waals surface area contributed by atoms with Crippen molar-refractivity contribution in [2.24, 2.45) is 29.6 Å². The van der Waals surface area contributed by atoms with Gasteiger partial charge in [-0.3, -0.25) is 0 Å². The van der Waals surface area contributed by atoms with E-state index in [0.717, 1.165) is 29.4 Å². The molecule has 2 heteroatoms. The van der Waals surface area contributed by atoms with E-state index in [1.54, 1.807) is 0 Å². The first-order valence-corrected chi connectivity index (χ1v) is 16.3. The van der Waals surface area contributed by atoms with Gasteiger partial charge in [-0.25, -0.2) is 0 Å². The Balaban J connectivity index is 0.000000173. The van der Waals surface area contributed by atoms with Crippen LogP contribution in [0.5, 0.6) is 5.75 Å². The maximum Gasteiger partial charge on any atom is 0.202 e. The molecule has 0 amide bonds. The number of rotatable bonds is 7. The maximum absolute atomic E-state index is 6.60. The number of hydrogen-bond donors (Lipinski definition) is 0. The third kappa shape index (κ3) is 5.11. The minimum absolute atomic E-state index is 0.131. The van der Waals surface area contributed by atoms with Gasteiger partial charge in [0.05, 0.1) is 6.10 Å². The van der Waals surface area contributed by atoms with Crippen LogP contribution in [0.3, 0.4) is 0 Å². The molecule has 0 saturated heterocycles. The predicted molar refractivity (Wildman–Crippen MR) is 167 cm³/mol. The summed E-state index contributed by atoms with van der Waals surface area (Å²) in [4.78, 5) is 0. The van der Waals surface area contributed by atoms with Crippen molar-refractivity contribution in [1.82, 2.24) is 0 Å². The number of hydrogen-bond acceptors (Lipinski definition) is 2. The van der Waals surface area contributed by atoms with E-state index in [1.165, 1.54) is 66.0 Å². The van der Waals surface area contributed by atoms with Gasteiger partial charge in [-0.1, -0.05) is 96.5 Å². The fourth-order valence-electron chi connectivity index (χ4n) is 8.60. The van der Waals surface area contributed by atoms with Crippen molar-refractivity contribution in [1.29, 1.82) is 0 Å². The van der Waals surface area contributed by atoms with E-state index < -0.39 is 0 Å². The van der Waals surface area contributed by atoms with Gasteiger partial charge in [0.2, 0.25) is 6.29 Å². The Morgan fingerprint density at radius 1 is 0.775 bits per heavy atom. The van der Waals surface area contributed by atoms with Crippen molar-refractivity contribution in [2.75, 3.05) is 0 Å². The Labute approximate surface area is 242 Å². The van der Waals surface area contributed by atoms with E-state index in [2.05, 4.69) is 102 Å². The molecule has 3 saturated carbocycles. The molecule has 9 unspecified atom stereocenters. The Morgan fingerprint density at radius 2 is 1.43 bits per heavy atom. The average molecular weight is 539 g/mol. The lowest BCUT2D eigenvalue weighted by molar-refractivity contribution is -0.162. The van der Waals surface area contributed by atoms with E-state index in [0.29, 0.717) is 29.8 Å². The Morgan fingerprint density at radius 3 is 2.05 bits per heavy atom. The van der Waals surface area contributed by atoms with Gasteiger partial charge in [0.1, 0.15) is 5.75 Å². The zero-order valence-electron chi connectivity index (χ0n) is 25.6. The molecule has 40 heavy (non-hydrogen) atoms. The number of benzene rings is 3. The quantitative estimate of drug-likeness (QED) is 0.279. The minimum atomic E-state index is -0.131. The van der Waals surface area contributed by atoms with Crippen molar-refractivity contribution in [3.8, 4) is 5.75 Å². The lowest BCUT2D eigenvalue weighted by Gasteiger charge is -2.35. The standard InChI is InChI=1S/C24H36O2.C14H14/c1-5-16(4)17-9-11-19(12-10-17)25-24(15(2)3)26-23-14-18-13-22(23)21-8-6-7-20(18)21;1-9-10(2)13-8-4-6-11-5-3-7-12(9)14(11)13/h9-12,15-16,18,20-24H,5-8,13-14H2,1-4H3;3-10H,1-2H3. The monoisotopic (exact) mass is 538 g/mol. The van der Waals surface area contributed by atoms with Crippen molar-refractivity contribution < 1.29 is 9.47 Å². The second-order valence-electron chi connectivity index (χ2n) is 13.8.